The smallest absolute Gasteiger partial charge is 0.0540 e. The van der Waals surface area contributed by atoms with Gasteiger partial charge in [0.2, 0.25) is 0 Å². The summed E-state index contributed by atoms with van der Waals surface area (Å²) in [5, 5.41) is 2.48. The molecule has 10 aromatic carbocycles. The third-order valence-corrected chi connectivity index (χ3v) is 11.3. The fraction of sp³-hybridized carbons (Fsp3) is 0. The monoisotopic (exact) mass is 751 g/mol. The molecule has 59 heavy (non-hydrogen) atoms. The van der Waals surface area contributed by atoms with Gasteiger partial charge in [-0.3, -0.25) is 0 Å². The van der Waals surface area contributed by atoms with Gasteiger partial charge in [-0.25, -0.2) is 0 Å². The van der Waals surface area contributed by atoms with Crippen molar-refractivity contribution in [1.29, 1.82) is 0 Å². The van der Waals surface area contributed by atoms with Crippen LogP contribution in [0.2, 0.25) is 0 Å². The second-order valence-electron chi connectivity index (χ2n) is 14.9. The largest absolute Gasteiger partial charge is 0.310 e. The summed E-state index contributed by atoms with van der Waals surface area (Å²) in [5.74, 6) is 0. The van der Waals surface area contributed by atoms with Crippen molar-refractivity contribution < 1.29 is 0 Å². The summed E-state index contributed by atoms with van der Waals surface area (Å²) in [5.41, 5.74) is 17.6. The van der Waals surface area contributed by atoms with Crippen LogP contribution in [0.3, 0.4) is 0 Å². The van der Waals surface area contributed by atoms with E-state index < -0.39 is 0 Å². The average molecular weight is 752 g/mol. The van der Waals surface area contributed by atoms with Crippen LogP contribution in [-0.4, -0.2) is 0 Å². The van der Waals surface area contributed by atoms with E-state index in [0.717, 1.165) is 22.6 Å². The van der Waals surface area contributed by atoms with Gasteiger partial charge in [0.25, 0.3) is 0 Å². The fourth-order valence-corrected chi connectivity index (χ4v) is 8.44. The highest BCUT2D eigenvalue weighted by molar-refractivity contribution is 6.00. The molecule has 1 nitrogen and oxygen atoms in total. The van der Waals surface area contributed by atoms with Gasteiger partial charge in [-0.05, 0) is 102 Å². The van der Waals surface area contributed by atoms with Crippen LogP contribution >= 0.6 is 0 Å². The Morgan fingerprint density at radius 1 is 0.220 bits per heavy atom. The molecule has 0 spiro atoms. The van der Waals surface area contributed by atoms with E-state index in [1.54, 1.807) is 0 Å². The molecule has 0 fully saturated rings. The first-order valence-electron chi connectivity index (χ1n) is 20.3. The third-order valence-electron chi connectivity index (χ3n) is 11.3. The SMILES string of the molecule is c1ccc(-c2ccc(-c3ccccc3-c3ccccc3-c3ccccc3N(c3ccc(-c4ccccc4)cc3)c3cccc(-c4cccc5ccccc45)c3)cc2)cc1. The van der Waals surface area contributed by atoms with Crippen LogP contribution in [-0.2, 0) is 0 Å². The Hall–Kier alpha value is -7.74. The highest BCUT2D eigenvalue weighted by Gasteiger charge is 2.21. The van der Waals surface area contributed by atoms with Crippen molar-refractivity contribution in [2.75, 3.05) is 4.90 Å². The summed E-state index contributed by atoms with van der Waals surface area (Å²) in [6, 6.07) is 89.8. The molecule has 0 aromatic heterocycles. The maximum absolute atomic E-state index is 2.42. The predicted octanol–water partition coefficient (Wildman–Crippen LogP) is 16.3. The van der Waals surface area contributed by atoms with Crippen molar-refractivity contribution in [2.24, 2.45) is 0 Å². The topological polar surface area (TPSA) is 3.24 Å². The van der Waals surface area contributed by atoms with Gasteiger partial charge in [-0.1, -0.05) is 218 Å². The van der Waals surface area contributed by atoms with Gasteiger partial charge in [0.15, 0.2) is 0 Å². The molecular formula is C58H41N. The Morgan fingerprint density at radius 3 is 1.32 bits per heavy atom. The third kappa shape index (κ3) is 7.12. The summed E-state index contributed by atoms with van der Waals surface area (Å²) in [7, 11) is 0. The molecule has 0 N–H and O–H groups in total. The average Bonchev–Trinajstić information content (AvgIpc) is 3.32. The minimum atomic E-state index is 1.09. The van der Waals surface area contributed by atoms with Gasteiger partial charge >= 0.3 is 0 Å². The molecule has 0 saturated heterocycles. The van der Waals surface area contributed by atoms with Crippen LogP contribution in [0, 0.1) is 0 Å². The Labute approximate surface area is 346 Å². The van der Waals surface area contributed by atoms with Crippen molar-refractivity contribution in [3.63, 3.8) is 0 Å². The molecule has 0 aliphatic carbocycles. The second-order valence-corrected chi connectivity index (χ2v) is 14.9. The van der Waals surface area contributed by atoms with E-state index in [-0.39, 0.29) is 0 Å². The maximum Gasteiger partial charge on any atom is 0.0540 e. The maximum atomic E-state index is 2.42. The molecule has 0 unspecified atom stereocenters. The van der Waals surface area contributed by atoms with Crippen molar-refractivity contribution >= 4 is 27.8 Å². The van der Waals surface area contributed by atoms with Crippen LogP contribution in [0.4, 0.5) is 17.1 Å². The van der Waals surface area contributed by atoms with Crippen LogP contribution in [0.1, 0.15) is 0 Å². The molecule has 0 atom stereocenters. The van der Waals surface area contributed by atoms with Crippen molar-refractivity contribution in [2.45, 2.75) is 0 Å². The van der Waals surface area contributed by atoms with Gasteiger partial charge in [-0.15, -0.1) is 0 Å². The van der Waals surface area contributed by atoms with E-state index in [2.05, 4.69) is 254 Å². The zero-order valence-corrected chi connectivity index (χ0v) is 32.6. The molecule has 0 aliphatic heterocycles. The highest BCUT2D eigenvalue weighted by Crippen LogP contribution is 2.46. The van der Waals surface area contributed by atoms with Crippen molar-refractivity contribution in [3.05, 3.63) is 249 Å². The number of anilines is 3. The molecule has 10 rings (SSSR count). The second kappa shape index (κ2) is 16.0. The number of rotatable bonds is 9. The summed E-state index contributed by atoms with van der Waals surface area (Å²) in [6.45, 7) is 0. The summed E-state index contributed by atoms with van der Waals surface area (Å²) < 4.78 is 0. The van der Waals surface area contributed by atoms with Gasteiger partial charge < -0.3 is 4.90 Å². The first-order valence-corrected chi connectivity index (χ1v) is 20.3. The molecule has 0 amide bonds. The van der Waals surface area contributed by atoms with Crippen molar-refractivity contribution in [3.8, 4) is 66.8 Å². The molecule has 0 radical (unpaired) electrons. The quantitative estimate of drug-likeness (QED) is 0.142. The number of hydrogen-bond donors (Lipinski definition) is 0. The minimum absolute atomic E-state index is 1.09. The van der Waals surface area contributed by atoms with Crippen LogP contribution in [0.15, 0.2) is 249 Å². The summed E-state index contributed by atoms with van der Waals surface area (Å²) in [4.78, 5) is 2.42. The summed E-state index contributed by atoms with van der Waals surface area (Å²) >= 11 is 0. The van der Waals surface area contributed by atoms with Gasteiger partial charge in [0.05, 0.1) is 5.69 Å². The zero-order valence-electron chi connectivity index (χ0n) is 32.6. The Morgan fingerprint density at radius 2 is 0.644 bits per heavy atom. The Balaban J connectivity index is 1.12. The van der Waals surface area contributed by atoms with Crippen LogP contribution in [0.25, 0.3) is 77.5 Å². The molecule has 0 aliphatic rings. The van der Waals surface area contributed by atoms with E-state index in [4.69, 9.17) is 0 Å². The first-order chi connectivity index (χ1) is 29.3. The number of benzene rings is 10. The number of hydrogen-bond acceptors (Lipinski definition) is 1. The fourth-order valence-electron chi connectivity index (χ4n) is 8.44. The molecule has 0 heterocycles. The summed E-state index contributed by atoms with van der Waals surface area (Å²) in [6.07, 6.45) is 0. The molecule has 1 heteroatoms. The lowest BCUT2D eigenvalue weighted by molar-refractivity contribution is 1.28. The predicted molar refractivity (Wildman–Crippen MR) is 251 cm³/mol. The molecule has 0 bridgehead atoms. The lowest BCUT2D eigenvalue weighted by Gasteiger charge is -2.29. The van der Waals surface area contributed by atoms with E-state index in [0.29, 0.717) is 0 Å². The van der Waals surface area contributed by atoms with Gasteiger partial charge in [0, 0.05) is 16.9 Å². The molecule has 0 saturated carbocycles. The van der Waals surface area contributed by atoms with E-state index in [1.807, 2.05) is 0 Å². The lowest BCUT2D eigenvalue weighted by Crippen LogP contribution is -2.11. The number of fused-ring (bicyclic) bond motifs is 1. The van der Waals surface area contributed by atoms with E-state index >= 15 is 0 Å². The van der Waals surface area contributed by atoms with Gasteiger partial charge in [-0.2, -0.15) is 0 Å². The molecular weight excluding hydrogens is 711 g/mol. The van der Waals surface area contributed by atoms with Crippen molar-refractivity contribution in [1.82, 2.24) is 0 Å². The standard InChI is InChI=1S/C58H41N/c1-3-17-42(18-4-1)44-33-35-47(36-34-44)52-26-9-10-27-54(52)55-28-11-12-29-56(55)57-30-13-14-32-58(57)59(49-39-37-45(38-40-49)43-19-5-2-6-20-43)50-24-15-23-48(41-50)53-31-16-22-46-21-7-8-25-51(46)53/h1-41H. The highest BCUT2D eigenvalue weighted by atomic mass is 15.1. The van der Waals surface area contributed by atoms with Crippen LogP contribution in [0.5, 0.6) is 0 Å². The number of nitrogens with zero attached hydrogens (tertiary/aromatic N) is 1. The molecule has 10 aromatic rings. The Bertz CT molecular complexity index is 3010. The minimum Gasteiger partial charge on any atom is -0.310 e. The van der Waals surface area contributed by atoms with Gasteiger partial charge in [0.1, 0.15) is 0 Å². The number of para-hydroxylation sites is 1. The first kappa shape index (κ1) is 35.7. The van der Waals surface area contributed by atoms with E-state index in [9.17, 15) is 0 Å². The molecule has 278 valence electrons. The zero-order chi connectivity index (χ0) is 39.4. The van der Waals surface area contributed by atoms with E-state index in [1.165, 1.54) is 72.0 Å². The Kier molecular flexibility index (Phi) is 9.68. The normalized spacial score (nSPS) is 11.1. The van der Waals surface area contributed by atoms with Crippen LogP contribution < -0.4 is 4.90 Å². The lowest BCUT2D eigenvalue weighted by atomic mass is 9.88.